The number of nitrogens with zero attached hydrogens (tertiary/aromatic N) is 1. The van der Waals surface area contributed by atoms with E-state index in [-0.39, 0.29) is 0 Å². The molecule has 1 rings (SSSR count). The largest absolute Gasteiger partial charge is 0.316 e. The van der Waals surface area contributed by atoms with Crippen LogP contribution in [0.15, 0.2) is 11.6 Å². The zero-order valence-corrected chi connectivity index (χ0v) is 10.3. The van der Waals surface area contributed by atoms with Crippen LogP contribution in [0, 0.1) is 5.41 Å². The molecule has 14 heavy (non-hydrogen) atoms. The third-order valence-electron chi connectivity index (χ3n) is 1.98. The lowest BCUT2D eigenvalue weighted by Crippen LogP contribution is -2.29. The lowest BCUT2D eigenvalue weighted by Gasteiger charge is -2.20. The van der Waals surface area contributed by atoms with Crippen molar-refractivity contribution in [2.24, 2.45) is 5.41 Å². The highest BCUT2D eigenvalue weighted by atomic mass is 32.1. The first-order chi connectivity index (χ1) is 6.49. The van der Waals surface area contributed by atoms with E-state index < -0.39 is 0 Å². The average molecular weight is 212 g/mol. The van der Waals surface area contributed by atoms with Crippen molar-refractivity contribution in [2.75, 3.05) is 13.1 Å². The third kappa shape index (κ3) is 4.20. The molecule has 0 saturated carbocycles. The van der Waals surface area contributed by atoms with Crippen molar-refractivity contribution in [3.8, 4) is 0 Å². The van der Waals surface area contributed by atoms with E-state index in [0.717, 1.165) is 13.1 Å². The molecule has 2 nitrogen and oxygen atoms in total. The van der Waals surface area contributed by atoms with Gasteiger partial charge in [0.2, 0.25) is 0 Å². The van der Waals surface area contributed by atoms with Crippen LogP contribution in [0.5, 0.6) is 0 Å². The highest BCUT2D eigenvalue weighted by Gasteiger charge is 2.12. The average Bonchev–Trinajstić information content (AvgIpc) is 2.53. The van der Waals surface area contributed by atoms with Crippen LogP contribution in [0.3, 0.4) is 0 Å². The first-order valence-corrected chi connectivity index (χ1v) is 5.97. The molecule has 1 heterocycles. The van der Waals surface area contributed by atoms with Crippen LogP contribution in [0.25, 0.3) is 0 Å². The second-order valence-electron chi connectivity index (χ2n) is 4.96. The maximum Gasteiger partial charge on any atom is 0.0965 e. The summed E-state index contributed by atoms with van der Waals surface area (Å²) in [5.41, 5.74) is 0.364. The predicted octanol–water partition coefficient (Wildman–Crippen LogP) is 2.88. The van der Waals surface area contributed by atoms with Crippen LogP contribution in [-0.2, 0) is 0 Å². The molecule has 1 unspecified atom stereocenters. The topological polar surface area (TPSA) is 24.9 Å². The standard InChI is InChI=1S/C11H20N2S/c1-9(10-13-5-6-14-10)7-12-8-11(2,3)4/h5-6,9,12H,7-8H2,1-4H3. The number of nitrogens with one attached hydrogen (secondary N) is 1. The minimum absolute atomic E-state index is 0.364. The highest BCUT2D eigenvalue weighted by Crippen LogP contribution is 2.17. The van der Waals surface area contributed by atoms with Gasteiger partial charge in [0.05, 0.1) is 5.01 Å². The van der Waals surface area contributed by atoms with Crippen molar-refractivity contribution in [1.82, 2.24) is 10.3 Å². The molecule has 0 fully saturated rings. The van der Waals surface area contributed by atoms with Gasteiger partial charge >= 0.3 is 0 Å². The van der Waals surface area contributed by atoms with Gasteiger partial charge in [-0.05, 0) is 5.41 Å². The molecule has 1 atom stereocenters. The van der Waals surface area contributed by atoms with Crippen LogP contribution in [0.1, 0.15) is 38.6 Å². The van der Waals surface area contributed by atoms with Gasteiger partial charge in [-0.25, -0.2) is 4.98 Å². The van der Waals surface area contributed by atoms with E-state index in [0.29, 0.717) is 11.3 Å². The van der Waals surface area contributed by atoms with E-state index in [9.17, 15) is 0 Å². The summed E-state index contributed by atoms with van der Waals surface area (Å²) in [6.07, 6.45) is 1.88. The zero-order chi connectivity index (χ0) is 10.6. The van der Waals surface area contributed by atoms with E-state index in [1.54, 1.807) is 11.3 Å². The van der Waals surface area contributed by atoms with Gasteiger partial charge in [0.25, 0.3) is 0 Å². The van der Waals surface area contributed by atoms with Gasteiger partial charge in [0, 0.05) is 30.6 Å². The third-order valence-corrected chi connectivity index (χ3v) is 2.99. The molecular weight excluding hydrogens is 192 g/mol. The Morgan fingerprint density at radius 3 is 2.71 bits per heavy atom. The maximum atomic E-state index is 4.31. The Balaban J connectivity index is 2.26. The smallest absolute Gasteiger partial charge is 0.0965 e. The molecular formula is C11H20N2S. The molecule has 3 heteroatoms. The molecule has 0 aliphatic carbocycles. The molecule has 0 aliphatic rings. The number of thiazole rings is 1. The van der Waals surface area contributed by atoms with Gasteiger partial charge in [0.1, 0.15) is 0 Å². The van der Waals surface area contributed by atoms with Gasteiger partial charge < -0.3 is 5.32 Å². The Morgan fingerprint density at radius 2 is 2.21 bits per heavy atom. The number of rotatable bonds is 4. The van der Waals surface area contributed by atoms with Crippen LogP contribution in [0.4, 0.5) is 0 Å². The Morgan fingerprint density at radius 1 is 1.50 bits per heavy atom. The van der Waals surface area contributed by atoms with Gasteiger partial charge in [-0.1, -0.05) is 27.7 Å². The van der Waals surface area contributed by atoms with Crippen molar-refractivity contribution in [1.29, 1.82) is 0 Å². The second kappa shape index (κ2) is 4.89. The Hall–Kier alpha value is -0.410. The van der Waals surface area contributed by atoms with Crippen molar-refractivity contribution in [3.05, 3.63) is 16.6 Å². The van der Waals surface area contributed by atoms with Crippen molar-refractivity contribution < 1.29 is 0 Å². The molecule has 0 amide bonds. The van der Waals surface area contributed by atoms with Crippen molar-refractivity contribution >= 4 is 11.3 Å². The van der Waals surface area contributed by atoms with Crippen LogP contribution < -0.4 is 5.32 Å². The number of hydrogen-bond acceptors (Lipinski definition) is 3. The summed E-state index contributed by atoms with van der Waals surface area (Å²) >= 11 is 1.74. The molecule has 0 aliphatic heterocycles. The molecule has 0 radical (unpaired) electrons. The zero-order valence-electron chi connectivity index (χ0n) is 9.50. The summed E-state index contributed by atoms with van der Waals surface area (Å²) < 4.78 is 0. The monoisotopic (exact) mass is 212 g/mol. The Bertz CT molecular complexity index is 249. The molecule has 0 spiro atoms. The predicted molar refractivity (Wildman–Crippen MR) is 62.9 cm³/mol. The lowest BCUT2D eigenvalue weighted by atomic mass is 9.97. The molecule has 0 aromatic carbocycles. The normalized spacial score (nSPS) is 14.3. The maximum absolute atomic E-state index is 4.31. The van der Waals surface area contributed by atoms with Crippen LogP contribution >= 0.6 is 11.3 Å². The molecule has 80 valence electrons. The molecule has 1 N–H and O–H groups in total. The summed E-state index contributed by atoms with van der Waals surface area (Å²) in [6, 6.07) is 0. The van der Waals surface area contributed by atoms with E-state index in [2.05, 4.69) is 38.0 Å². The highest BCUT2D eigenvalue weighted by molar-refractivity contribution is 7.09. The Kier molecular flexibility index (Phi) is 4.08. The lowest BCUT2D eigenvalue weighted by molar-refractivity contribution is 0.375. The molecule has 0 saturated heterocycles. The minimum atomic E-state index is 0.364. The first kappa shape index (κ1) is 11.7. The minimum Gasteiger partial charge on any atom is -0.316 e. The molecule has 1 aromatic heterocycles. The summed E-state index contributed by atoms with van der Waals surface area (Å²) in [5.74, 6) is 0.525. The summed E-state index contributed by atoms with van der Waals surface area (Å²) in [7, 11) is 0. The second-order valence-corrected chi connectivity index (χ2v) is 5.89. The van der Waals surface area contributed by atoms with Crippen LogP contribution in [0.2, 0.25) is 0 Å². The summed E-state index contributed by atoms with van der Waals surface area (Å²) in [4.78, 5) is 4.31. The fourth-order valence-electron chi connectivity index (χ4n) is 1.23. The fourth-order valence-corrected chi connectivity index (χ4v) is 1.93. The molecule has 1 aromatic rings. The van der Waals surface area contributed by atoms with Gasteiger partial charge in [-0.15, -0.1) is 11.3 Å². The Labute approximate surface area is 90.8 Å². The number of aromatic nitrogens is 1. The van der Waals surface area contributed by atoms with Crippen LogP contribution in [-0.4, -0.2) is 18.1 Å². The van der Waals surface area contributed by atoms with Crippen molar-refractivity contribution in [2.45, 2.75) is 33.6 Å². The fraction of sp³-hybridized carbons (Fsp3) is 0.727. The van der Waals surface area contributed by atoms with E-state index in [1.807, 2.05) is 11.6 Å². The van der Waals surface area contributed by atoms with Gasteiger partial charge in [0.15, 0.2) is 0 Å². The van der Waals surface area contributed by atoms with Gasteiger partial charge in [-0.3, -0.25) is 0 Å². The summed E-state index contributed by atoms with van der Waals surface area (Å²) in [6.45, 7) is 11.0. The number of hydrogen-bond donors (Lipinski definition) is 1. The SMILES string of the molecule is CC(CNCC(C)(C)C)c1nccs1. The van der Waals surface area contributed by atoms with Gasteiger partial charge in [-0.2, -0.15) is 0 Å². The molecule has 0 bridgehead atoms. The van der Waals surface area contributed by atoms with Crippen molar-refractivity contribution in [3.63, 3.8) is 0 Å². The quantitative estimate of drug-likeness (QED) is 0.830. The van der Waals surface area contributed by atoms with E-state index >= 15 is 0 Å². The first-order valence-electron chi connectivity index (χ1n) is 5.09. The van der Waals surface area contributed by atoms with E-state index in [4.69, 9.17) is 0 Å². The summed E-state index contributed by atoms with van der Waals surface area (Å²) in [5, 5.41) is 6.75. The van der Waals surface area contributed by atoms with E-state index in [1.165, 1.54) is 5.01 Å².